The molecule has 1 aliphatic rings. The van der Waals surface area contributed by atoms with Gasteiger partial charge in [-0.15, -0.1) is 5.10 Å². The van der Waals surface area contributed by atoms with E-state index in [0.29, 0.717) is 18.3 Å². The lowest BCUT2D eigenvalue weighted by molar-refractivity contribution is 0.0675. The number of ether oxygens (including phenoxy) is 1. The minimum Gasteiger partial charge on any atom is -0.494 e. The number of hydrogen-bond donors (Lipinski definition) is 0. The molecular weight excluding hydrogens is 366 g/mol. The highest BCUT2D eigenvalue weighted by Gasteiger charge is 2.26. The summed E-state index contributed by atoms with van der Waals surface area (Å²) in [5.41, 5.74) is 2.25. The van der Waals surface area contributed by atoms with Gasteiger partial charge in [0, 0.05) is 25.0 Å². The van der Waals surface area contributed by atoms with Crippen molar-refractivity contribution in [3.05, 3.63) is 53.6 Å². The molecule has 0 radical (unpaired) electrons. The van der Waals surface area contributed by atoms with Crippen LogP contribution in [-0.4, -0.2) is 50.1 Å². The monoisotopic (exact) mass is 393 g/mol. The standard InChI is InChI=1S/C22H27N5O2/c1-3-29-19-8-6-17(7-9-19)4-5-18-11-14-26(15-12-18)21(28)20-24-22-23-13-10-16(2)27(22)25-20/h6-10,13,18H,3-5,11-12,14-15H2,1-2H3. The molecular formula is C22H27N5O2. The lowest BCUT2D eigenvalue weighted by atomic mass is 9.90. The van der Waals surface area contributed by atoms with Crippen molar-refractivity contribution in [2.75, 3.05) is 19.7 Å². The fourth-order valence-electron chi connectivity index (χ4n) is 3.85. The summed E-state index contributed by atoms with van der Waals surface area (Å²) in [4.78, 5) is 23.2. The van der Waals surface area contributed by atoms with Crippen LogP contribution in [-0.2, 0) is 6.42 Å². The number of carbonyl (C=O) groups excluding carboxylic acids is 1. The SMILES string of the molecule is CCOc1ccc(CCC2CCN(C(=O)c3nc4nccc(C)n4n3)CC2)cc1. The van der Waals surface area contributed by atoms with E-state index in [0.717, 1.165) is 50.2 Å². The number of carbonyl (C=O) groups is 1. The Morgan fingerprint density at radius 2 is 1.93 bits per heavy atom. The topological polar surface area (TPSA) is 72.6 Å². The van der Waals surface area contributed by atoms with Crippen LogP contribution in [0.1, 0.15) is 48.1 Å². The molecule has 7 nitrogen and oxygen atoms in total. The Balaban J connectivity index is 1.29. The van der Waals surface area contributed by atoms with Crippen molar-refractivity contribution in [1.29, 1.82) is 0 Å². The molecule has 29 heavy (non-hydrogen) atoms. The van der Waals surface area contributed by atoms with E-state index in [2.05, 4.69) is 27.2 Å². The lowest BCUT2D eigenvalue weighted by Gasteiger charge is -2.31. The Morgan fingerprint density at radius 1 is 1.17 bits per heavy atom. The number of hydrogen-bond acceptors (Lipinski definition) is 5. The molecule has 4 rings (SSSR count). The highest BCUT2D eigenvalue weighted by Crippen LogP contribution is 2.24. The first-order valence-electron chi connectivity index (χ1n) is 10.3. The molecule has 1 fully saturated rings. The van der Waals surface area contributed by atoms with Crippen LogP contribution in [0.3, 0.4) is 0 Å². The van der Waals surface area contributed by atoms with Crippen molar-refractivity contribution in [3.63, 3.8) is 0 Å². The first-order chi connectivity index (χ1) is 14.1. The highest BCUT2D eigenvalue weighted by atomic mass is 16.5. The molecule has 0 atom stereocenters. The van der Waals surface area contributed by atoms with E-state index in [-0.39, 0.29) is 11.7 Å². The molecule has 1 amide bonds. The first-order valence-corrected chi connectivity index (χ1v) is 10.3. The van der Waals surface area contributed by atoms with Crippen molar-refractivity contribution in [3.8, 4) is 5.75 Å². The number of nitrogens with zero attached hydrogens (tertiary/aromatic N) is 5. The molecule has 1 saturated heterocycles. The third kappa shape index (κ3) is 4.39. The van der Waals surface area contributed by atoms with Crippen molar-refractivity contribution in [2.45, 2.75) is 39.5 Å². The summed E-state index contributed by atoms with van der Waals surface area (Å²) in [6.45, 7) is 6.13. The molecule has 0 spiro atoms. The molecule has 0 aliphatic carbocycles. The molecule has 3 heterocycles. The van der Waals surface area contributed by atoms with Gasteiger partial charge in [-0.05, 0) is 69.2 Å². The quantitative estimate of drug-likeness (QED) is 0.642. The molecule has 152 valence electrons. The lowest BCUT2D eigenvalue weighted by Crippen LogP contribution is -2.39. The number of likely N-dealkylation sites (tertiary alicyclic amines) is 1. The Kier molecular flexibility index (Phi) is 5.74. The van der Waals surface area contributed by atoms with E-state index in [1.807, 2.05) is 36.9 Å². The van der Waals surface area contributed by atoms with Crippen LogP contribution in [0, 0.1) is 12.8 Å². The van der Waals surface area contributed by atoms with Crippen LogP contribution in [0.5, 0.6) is 5.75 Å². The van der Waals surface area contributed by atoms with Crippen LogP contribution in [0.15, 0.2) is 36.5 Å². The second-order valence-corrected chi connectivity index (χ2v) is 7.58. The van der Waals surface area contributed by atoms with E-state index in [4.69, 9.17) is 4.74 Å². The first kappa shape index (κ1) is 19.4. The molecule has 0 saturated carbocycles. The number of fused-ring (bicyclic) bond motifs is 1. The van der Waals surface area contributed by atoms with Gasteiger partial charge in [-0.2, -0.15) is 4.98 Å². The van der Waals surface area contributed by atoms with Crippen molar-refractivity contribution >= 4 is 11.7 Å². The summed E-state index contributed by atoms with van der Waals surface area (Å²) >= 11 is 0. The summed E-state index contributed by atoms with van der Waals surface area (Å²) < 4.78 is 7.12. The average Bonchev–Trinajstić information content (AvgIpc) is 3.19. The van der Waals surface area contributed by atoms with Crippen molar-refractivity contribution in [1.82, 2.24) is 24.5 Å². The van der Waals surface area contributed by atoms with Gasteiger partial charge < -0.3 is 9.64 Å². The van der Waals surface area contributed by atoms with Crippen LogP contribution >= 0.6 is 0 Å². The Labute approximate surface area is 170 Å². The summed E-state index contributed by atoms with van der Waals surface area (Å²) in [7, 11) is 0. The molecule has 0 unspecified atom stereocenters. The predicted octanol–water partition coefficient (Wildman–Crippen LogP) is 3.32. The zero-order chi connectivity index (χ0) is 20.2. The zero-order valence-corrected chi connectivity index (χ0v) is 17.0. The largest absolute Gasteiger partial charge is 0.494 e. The maximum absolute atomic E-state index is 12.8. The van der Waals surface area contributed by atoms with E-state index >= 15 is 0 Å². The van der Waals surface area contributed by atoms with Gasteiger partial charge in [-0.1, -0.05) is 12.1 Å². The average molecular weight is 393 g/mol. The van der Waals surface area contributed by atoms with Gasteiger partial charge in [0.25, 0.3) is 11.7 Å². The molecule has 2 aromatic heterocycles. The summed E-state index contributed by atoms with van der Waals surface area (Å²) in [5, 5.41) is 4.34. The van der Waals surface area contributed by atoms with Gasteiger partial charge in [0.05, 0.1) is 6.61 Å². The highest BCUT2D eigenvalue weighted by molar-refractivity contribution is 5.90. The van der Waals surface area contributed by atoms with Gasteiger partial charge in [0.15, 0.2) is 0 Å². The number of benzene rings is 1. The number of piperidine rings is 1. The van der Waals surface area contributed by atoms with Crippen molar-refractivity contribution in [2.24, 2.45) is 5.92 Å². The van der Waals surface area contributed by atoms with Gasteiger partial charge in [0.2, 0.25) is 5.82 Å². The van der Waals surface area contributed by atoms with Crippen LogP contribution in [0.4, 0.5) is 0 Å². The minimum absolute atomic E-state index is 0.0973. The molecule has 0 N–H and O–H groups in total. The zero-order valence-electron chi connectivity index (χ0n) is 17.0. The predicted molar refractivity (Wildman–Crippen MR) is 110 cm³/mol. The molecule has 1 aromatic carbocycles. The van der Waals surface area contributed by atoms with Crippen molar-refractivity contribution < 1.29 is 9.53 Å². The molecule has 0 bridgehead atoms. The van der Waals surface area contributed by atoms with E-state index in [1.165, 1.54) is 5.56 Å². The maximum Gasteiger partial charge on any atom is 0.293 e. The second kappa shape index (κ2) is 8.59. The Hall–Kier alpha value is -2.96. The molecule has 7 heteroatoms. The maximum atomic E-state index is 12.8. The third-order valence-electron chi connectivity index (χ3n) is 5.60. The minimum atomic E-state index is -0.0973. The Bertz CT molecular complexity index is 975. The fraction of sp³-hybridized carbons (Fsp3) is 0.455. The van der Waals surface area contributed by atoms with Gasteiger partial charge in [0.1, 0.15) is 5.75 Å². The van der Waals surface area contributed by atoms with E-state index < -0.39 is 0 Å². The summed E-state index contributed by atoms with van der Waals surface area (Å²) in [6, 6.07) is 10.2. The number of aryl methyl sites for hydroxylation is 2. The smallest absolute Gasteiger partial charge is 0.293 e. The number of amides is 1. The number of aromatic nitrogens is 4. The fourth-order valence-corrected chi connectivity index (χ4v) is 3.85. The van der Waals surface area contributed by atoms with Gasteiger partial charge in [-0.25, -0.2) is 9.50 Å². The Morgan fingerprint density at radius 3 is 2.62 bits per heavy atom. The van der Waals surface area contributed by atoms with Crippen LogP contribution < -0.4 is 4.74 Å². The van der Waals surface area contributed by atoms with E-state index in [1.54, 1.807) is 10.7 Å². The normalized spacial score (nSPS) is 15.0. The number of rotatable bonds is 6. The van der Waals surface area contributed by atoms with Gasteiger partial charge >= 0.3 is 0 Å². The van der Waals surface area contributed by atoms with E-state index in [9.17, 15) is 4.79 Å². The van der Waals surface area contributed by atoms with Gasteiger partial charge in [-0.3, -0.25) is 4.79 Å². The molecule has 3 aromatic rings. The van der Waals surface area contributed by atoms with Crippen LogP contribution in [0.2, 0.25) is 0 Å². The summed E-state index contributed by atoms with van der Waals surface area (Å²) in [6.07, 6.45) is 5.93. The van der Waals surface area contributed by atoms with Crippen LogP contribution in [0.25, 0.3) is 5.78 Å². The third-order valence-corrected chi connectivity index (χ3v) is 5.60. The summed E-state index contributed by atoms with van der Waals surface area (Å²) in [5.74, 6) is 2.18. The second-order valence-electron chi connectivity index (χ2n) is 7.58. The molecule has 1 aliphatic heterocycles.